The molecule has 0 aliphatic rings. The smallest absolute Gasteiger partial charge is 0.274 e. The minimum absolute atomic E-state index is 0.219. The molecule has 2 aromatic carbocycles. The number of para-hydroxylation sites is 1. The summed E-state index contributed by atoms with van der Waals surface area (Å²) in [7, 11) is 0. The van der Waals surface area contributed by atoms with Gasteiger partial charge in [-0.15, -0.1) is 0 Å². The van der Waals surface area contributed by atoms with Crippen LogP contribution in [-0.4, -0.2) is 10.9 Å². The second-order valence-corrected chi connectivity index (χ2v) is 5.70. The number of nitrogens with zero attached hydrogens (tertiary/aromatic N) is 1. The van der Waals surface area contributed by atoms with Gasteiger partial charge in [0.25, 0.3) is 5.91 Å². The summed E-state index contributed by atoms with van der Waals surface area (Å²) in [5, 5.41) is 6.16. The number of carbonyl (C=O) groups excluding carboxylic acids is 1. The highest BCUT2D eigenvalue weighted by atomic mass is 16.1. The van der Waals surface area contributed by atoms with E-state index in [0.717, 1.165) is 28.2 Å². The van der Waals surface area contributed by atoms with Crippen LogP contribution in [0.3, 0.4) is 0 Å². The predicted octanol–water partition coefficient (Wildman–Crippen LogP) is 4.69. The lowest BCUT2D eigenvalue weighted by Crippen LogP contribution is -2.13. The number of rotatable bonds is 4. The van der Waals surface area contributed by atoms with Crippen molar-refractivity contribution in [3.63, 3.8) is 0 Å². The Morgan fingerprint density at radius 2 is 1.75 bits per heavy atom. The monoisotopic (exact) mass is 317 g/mol. The number of benzene rings is 2. The molecule has 0 radical (unpaired) electrons. The molecule has 3 rings (SSSR count). The van der Waals surface area contributed by atoms with Gasteiger partial charge in [0.1, 0.15) is 5.69 Å². The standard InChI is InChI=1S/C20H19N3O/c1-14-6-5-8-16(12-14)23-20(24)19-11-10-17(13-21-19)22-18-9-4-3-7-15(18)2/h3-13,22H,1-2H3,(H,23,24). The van der Waals surface area contributed by atoms with Gasteiger partial charge in [-0.05, 0) is 55.3 Å². The van der Waals surface area contributed by atoms with Gasteiger partial charge in [0.2, 0.25) is 0 Å². The summed E-state index contributed by atoms with van der Waals surface area (Å²) in [6.45, 7) is 4.03. The van der Waals surface area contributed by atoms with Gasteiger partial charge in [0, 0.05) is 11.4 Å². The van der Waals surface area contributed by atoms with E-state index in [-0.39, 0.29) is 5.91 Å². The summed E-state index contributed by atoms with van der Waals surface area (Å²) in [5.41, 5.74) is 5.26. The molecule has 0 fully saturated rings. The average molecular weight is 317 g/mol. The van der Waals surface area contributed by atoms with Crippen molar-refractivity contribution in [2.45, 2.75) is 13.8 Å². The van der Waals surface area contributed by atoms with Gasteiger partial charge in [0.15, 0.2) is 0 Å². The molecule has 1 heterocycles. The summed E-state index contributed by atoms with van der Waals surface area (Å²) in [5.74, 6) is -0.219. The van der Waals surface area contributed by atoms with E-state index in [1.54, 1.807) is 12.3 Å². The summed E-state index contributed by atoms with van der Waals surface area (Å²) in [6, 6.07) is 19.3. The fourth-order valence-electron chi connectivity index (χ4n) is 2.39. The van der Waals surface area contributed by atoms with Crippen LogP contribution < -0.4 is 10.6 Å². The maximum Gasteiger partial charge on any atom is 0.274 e. The van der Waals surface area contributed by atoms with Crippen LogP contribution in [0.15, 0.2) is 66.9 Å². The quantitative estimate of drug-likeness (QED) is 0.733. The molecule has 4 nitrogen and oxygen atoms in total. The number of anilines is 3. The molecule has 0 unspecified atom stereocenters. The Labute approximate surface area is 141 Å². The Kier molecular flexibility index (Phi) is 4.57. The number of pyridine rings is 1. The average Bonchev–Trinajstić information content (AvgIpc) is 2.57. The molecule has 0 aliphatic heterocycles. The number of nitrogens with one attached hydrogen (secondary N) is 2. The number of hydrogen-bond donors (Lipinski definition) is 2. The molecular formula is C20H19N3O. The lowest BCUT2D eigenvalue weighted by atomic mass is 10.2. The molecule has 0 saturated heterocycles. The molecule has 0 bridgehead atoms. The normalized spacial score (nSPS) is 10.2. The summed E-state index contributed by atoms with van der Waals surface area (Å²) in [4.78, 5) is 16.5. The third-order valence-corrected chi connectivity index (χ3v) is 3.70. The highest BCUT2D eigenvalue weighted by Crippen LogP contribution is 2.19. The van der Waals surface area contributed by atoms with Crippen LogP contribution in [0, 0.1) is 13.8 Å². The van der Waals surface area contributed by atoms with Crippen LogP contribution in [0.1, 0.15) is 21.6 Å². The van der Waals surface area contributed by atoms with Gasteiger partial charge in [0.05, 0.1) is 11.9 Å². The van der Waals surface area contributed by atoms with Crippen LogP contribution in [0.25, 0.3) is 0 Å². The zero-order valence-electron chi connectivity index (χ0n) is 13.7. The molecule has 4 heteroatoms. The van der Waals surface area contributed by atoms with Crippen molar-refractivity contribution >= 4 is 23.0 Å². The van der Waals surface area contributed by atoms with E-state index >= 15 is 0 Å². The SMILES string of the molecule is Cc1cccc(NC(=O)c2ccc(Nc3ccccc3C)cn2)c1. The lowest BCUT2D eigenvalue weighted by Gasteiger charge is -2.10. The molecule has 0 atom stereocenters. The number of amides is 1. The minimum atomic E-state index is -0.219. The van der Waals surface area contributed by atoms with E-state index in [9.17, 15) is 4.79 Å². The Balaban J connectivity index is 1.70. The Hall–Kier alpha value is -3.14. The fraction of sp³-hybridized carbons (Fsp3) is 0.100. The minimum Gasteiger partial charge on any atom is -0.354 e. The van der Waals surface area contributed by atoms with E-state index in [0.29, 0.717) is 5.69 Å². The van der Waals surface area contributed by atoms with Crippen LogP contribution in [0.5, 0.6) is 0 Å². The van der Waals surface area contributed by atoms with E-state index in [2.05, 4.69) is 15.6 Å². The molecule has 3 aromatic rings. The predicted molar refractivity (Wildman–Crippen MR) is 97.8 cm³/mol. The van der Waals surface area contributed by atoms with Crippen molar-refractivity contribution in [3.8, 4) is 0 Å². The van der Waals surface area contributed by atoms with Gasteiger partial charge in [-0.2, -0.15) is 0 Å². The van der Waals surface area contributed by atoms with Crippen molar-refractivity contribution in [3.05, 3.63) is 83.7 Å². The molecular weight excluding hydrogens is 298 g/mol. The van der Waals surface area contributed by atoms with Gasteiger partial charge in [-0.3, -0.25) is 4.79 Å². The number of carbonyl (C=O) groups is 1. The van der Waals surface area contributed by atoms with Crippen LogP contribution >= 0.6 is 0 Å². The van der Waals surface area contributed by atoms with Crippen molar-refractivity contribution in [1.82, 2.24) is 4.98 Å². The third kappa shape index (κ3) is 3.79. The van der Waals surface area contributed by atoms with E-state index in [1.165, 1.54) is 0 Å². The molecule has 2 N–H and O–H groups in total. The molecule has 0 saturated carbocycles. The molecule has 0 spiro atoms. The first-order valence-electron chi connectivity index (χ1n) is 7.78. The fourth-order valence-corrected chi connectivity index (χ4v) is 2.39. The first kappa shape index (κ1) is 15.7. The summed E-state index contributed by atoms with van der Waals surface area (Å²) >= 11 is 0. The Morgan fingerprint density at radius 3 is 2.46 bits per heavy atom. The topological polar surface area (TPSA) is 54.0 Å². The summed E-state index contributed by atoms with van der Waals surface area (Å²) in [6.07, 6.45) is 1.66. The zero-order chi connectivity index (χ0) is 16.9. The van der Waals surface area contributed by atoms with Gasteiger partial charge >= 0.3 is 0 Å². The number of aryl methyl sites for hydroxylation is 2. The largest absolute Gasteiger partial charge is 0.354 e. The number of hydrogen-bond acceptors (Lipinski definition) is 3. The Bertz CT molecular complexity index is 857. The van der Waals surface area contributed by atoms with Crippen LogP contribution in [0.4, 0.5) is 17.1 Å². The molecule has 0 aliphatic carbocycles. The van der Waals surface area contributed by atoms with Gasteiger partial charge in [-0.1, -0.05) is 30.3 Å². The molecule has 24 heavy (non-hydrogen) atoms. The zero-order valence-corrected chi connectivity index (χ0v) is 13.7. The maximum atomic E-state index is 12.3. The highest BCUT2D eigenvalue weighted by molar-refractivity contribution is 6.03. The van der Waals surface area contributed by atoms with Gasteiger partial charge in [-0.25, -0.2) is 4.98 Å². The molecule has 120 valence electrons. The maximum absolute atomic E-state index is 12.3. The summed E-state index contributed by atoms with van der Waals surface area (Å²) < 4.78 is 0. The van der Waals surface area contributed by atoms with Crippen LogP contribution in [-0.2, 0) is 0 Å². The van der Waals surface area contributed by atoms with E-state index in [1.807, 2.05) is 68.4 Å². The third-order valence-electron chi connectivity index (χ3n) is 3.70. The van der Waals surface area contributed by atoms with Crippen LogP contribution in [0.2, 0.25) is 0 Å². The lowest BCUT2D eigenvalue weighted by molar-refractivity contribution is 0.102. The molecule has 1 amide bonds. The van der Waals surface area contributed by atoms with Crippen molar-refractivity contribution in [2.75, 3.05) is 10.6 Å². The molecule has 1 aromatic heterocycles. The second kappa shape index (κ2) is 6.96. The van der Waals surface area contributed by atoms with E-state index < -0.39 is 0 Å². The van der Waals surface area contributed by atoms with E-state index in [4.69, 9.17) is 0 Å². The highest BCUT2D eigenvalue weighted by Gasteiger charge is 2.08. The van der Waals surface area contributed by atoms with Gasteiger partial charge < -0.3 is 10.6 Å². The van der Waals surface area contributed by atoms with Crippen molar-refractivity contribution in [2.24, 2.45) is 0 Å². The Morgan fingerprint density at radius 1 is 0.917 bits per heavy atom. The second-order valence-electron chi connectivity index (χ2n) is 5.70. The first-order valence-corrected chi connectivity index (χ1v) is 7.78. The van der Waals surface area contributed by atoms with Crippen molar-refractivity contribution < 1.29 is 4.79 Å². The van der Waals surface area contributed by atoms with Crippen molar-refractivity contribution in [1.29, 1.82) is 0 Å². The number of aromatic nitrogens is 1. The first-order chi connectivity index (χ1) is 11.6.